The summed E-state index contributed by atoms with van der Waals surface area (Å²) in [6, 6.07) is 10.1. The Balaban J connectivity index is 2.30. The Morgan fingerprint density at radius 3 is 2.52 bits per heavy atom. The average molecular weight is 307 g/mol. The van der Waals surface area contributed by atoms with Crippen LogP contribution in [0.5, 0.6) is 5.75 Å². The summed E-state index contributed by atoms with van der Waals surface area (Å²) < 4.78 is 9.80. The first-order valence-corrected chi connectivity index (χ1v) is 6.51. The number of hydrogen-bond donors (Lipinski definition) is 2. The highest BCUT2D eigenvalue weighted by Crippen LogP contribution is 2.31. The van der Waals surface area contributed by atoms with Gasteiger partial charge in [0, 0.05) is 6.07 Å². The molecular formula is C15H15ClN2O3. The molecule has 0 radical (unpaired) electrons. The van der Waals surface area contributed by atoms with Gasteiger partial charge >= 0.3 is 5.97 Å². The van der Waals surface area contributed by atoms with E-state index in [-0.39, 0.29) is 0 Å². The van der Waals surface area contributed by atoms with Gasteiger partial charge in [-0.3, -0.25) is 0 Å². The van der Waals surface area contributed by atoms with Gasteiger partial charge in [0.1, 0.15) is 5.75 Å². The van der Waals surface area contributed by atoms with E-state index >= 15 is 0 Å². The van der Waals surface area contributed by atoms with Gasteiger partial charge in [0.2, 0.25) is 0 Å². The fourth-order valence-electron chi connectivity index (χ4n) is 1.79. The molecule has 6 heteroatoms. The number of methoxy groups -OCH3 is 2. The van der Waals surface area contributed by atoms with E-state index < -0.39 is 5.97 Å². The Morgan fingerprint density at radius 2 is 1.90 bits per heavy atom. The van der Waals surface area contributed by atoms with Gasteiger partial charge in [-0.25, -0.2) is 4.79 Å². The lowest BCUT2D eigenvalue weighted by Gasteiger charge is -2.13. The van der Waals surface area contributed by atoms with Crippen molar-refractivity contribution in [2.75, 3.05) is 25.3 Å². The van der Waals surface area contributed by atoms with Gasteiger partial charge in [-0.1, -0.05) is 11.6 Å². The number of nitrogen functional groups attached to an aromatic ring is 1. The molecule has 0 saturated carbocycles. The Kier molecular flexibility index (Phi) is 4.55. The van der Waals surface area contributed by atoms with Crippen LogP contribution in [0.4, 0.5) is 17.1 Å². The summed E-state index contributed by atoms with van der Waals surface area (Å²) >= 11 is 6.13. The maximum Gasteiger partial charge on any atom is 0.337 e. The van der Waals surface area contributed by atoms with Crippen molar-refractivity contribution in [3.05, 3.63) is 47.0 Å². The number of anilines is 3. The zero-order valence-electron chi connectivity index (χ0n) is 11.6. The highest BCUT2D eigenvalue weighted by Gasteiger charge is 2.10. The van der Waals surface area contributed by atoms with Crippen LogP contribution in [0, 0.1) is 0 Å². The van der Waals surface area contributed by atoms with E-state index in [0.29, 0.717) is 33.4 Å². The van der Waals surface area contributed by atoms with Gasteiger partial charge in [-0.05, 0) is 30.3 Å². The van der Waals surface area contributed by atoms with Gasteiger partial charge in [-0.15, -0.1) is 0 Å². The molecule has 0 spiro atoms. The van der Waals surface area contributed by atoms with Gasteiger partial charge in [0.05, 0.1) is 41.9 Å². The number of nitrogens with one attached hydrogen (secondary N) is 1. The molecule has 0 aliphatic carbocycles. The fourth-order valence-corrected chi connectivity index (χ4v) is 1.96. The standard InChI is InChI=1S/C15H15ClN2O3/c1-20-10-4-5-11(16)14(8-10)18-13-6-3-9(7-12(13)17)15(19)21-2/h3-8,18H,17H2,1-2H3. The Morgan fingerprint density at radius 1 is 1.14 bits per heavy atom. The van der Waals surface area contributed by atoms with E-state index in [1.807, 2.05) is 0 Å². The number of nitrogens with two attached hydrogens (primary N) is 1. The molecule has 0 aromatic heterocycles. The first-order chi connectivity index (χ1) is 10.0. The topological polar surface area (TPSA) is 73.6 Å². The predicted octanol–water partition coefficient (Wildman–Crippen LogP) is 3.46. The summed E-state index contributed by atoms with van der Waals surface area (Å²) in [4.78, 5) is 11.4. The summed E-state index contributed by atoms with van der Waals surface area (Å²) in [7, 11) is 2.90. The van der Waals surface area contributed by atoms with E-state index in [1.165, 1.54) is 7.11 Å². The second-order valence-electron chi connectivity index (χ2n) is 4.26. The predicted molar refractivity (Wildman–Crippen MR) is 83.5 cm³/mol. The number of carbonyl (C=O) groups excluding carboxylic acids is 1. The van der Waals surface area contributed by atoms with Crippen molar-refractivity contribution in [2.45, 2.75) is 0 Å². The van der Waals surface area contributed by atoms with Crippen LogP contribution in [-0.4, -0.2) is 20.2 Å². The van der Waals surface area contributed by atoms with Gasteiger partial charge in [0.15, 0.2) is 0 Å². The summed E-state index contributed by atoms with van der Waals surface area (Å²) in [5.41, 5.74) is 8.04. The fraction of sp³-hybridized carbons (Fsp3) is 0.133. The van der Waals surface area contributed by atoms with E-state index in [0.717, 1.165) is 0 Å². The number of benzene rings is 2. The monoisotopic (exact) mass is 306 g/mol. The number of hydrogen-bond acceptors (Lipinski definition) is 5. The van der Waals surface area contributed by atoms with Crippen LogP contribution in [0.2, 0.25) is 5.02 Å². The number of halogens is 1. The third kappa shape index (κ3) is 3.38. The highest BCUT2D eigenvalue weighted by atomic mass is 35.5. The second-order valence-corrected chi connectivity index (χ2v) is 4.67. The quantitative estimate of drug-likeness (QED) is 0.668. The molecular weight excluding hydrogens is 292 g/mol. The Bertz CT molecular complexity index is 674. The Labute approximate surface area is 127 Å². The first-order valence-electron chi connectivity index (χ1n) is 6.13. The minimum absolute atomic E-state index is 0.386. The smallest absolute Gasteiger partial charge is 0.337 e. The molecule has 3 N–H and O–H groups in total. The van der Waals surface area contributed by atoms with Crippen LogP contribution in [0.25, 0.3) is 0 Å². The molecule has 0 amide bonds. The molecule has 2 rings (SSSR count). The lowest BCUT2D eigenvalue weighted by molar-refractivity contribution is 0.0601. The molecule has 0 saturated heterocycles. The number of rotatable bonds is 4. The molecule has 0 aliphatic rings. The van der Waals surface area contributed by atoms with Crippen molar-refractivity contribution in [1.82, 2.24) is 0 Å². The van der Waals surface area contributed by atoms with E-state index in [2.05, 4.69) is 10.1 Å². The SMILES string of the molecule is COC(=O)c1ccc(Nc2cc(OC)ccc2Cl)c(N)c1. The summed E-state index contributed by atoms with van der Waals surface area (Å²) in [6.07, 6.45) is 0. The molecule has 0 aliphatic heterocycles. The molecule has 0 atom stereocenters. The summed E-state index contributed by atoms with van der Waals surface area (Å²) in [5.74, 6) is 0.235. The zero-order valence-corrected chi connectivity index (χ0v) is 12.4. The van der Waals surface area contributed by atoms with Crippen LogP contribution in [0.15, 0.2) is 36.4 Å². The van der Waals surface area contributed by atoms with Crippen LogP contribution < -0.4 is 15.8 Å². The van der Waals surface area contributed by atoms with Crippen LogP contribution in [0.3, 0.4) is 0 Å². The second kappa shape index (κ2) is 6.37. The number of carbonyl (C=O) groups is 1. The highest BCUT2D eigenvalue weighted by molar-refractivity contribution is 6.33. The molecule has 0 fully saturated rings. The molecule has 2 aromatic rings. The van der Waals surface area contributed by atoms with Crippen LogP contribution >= 0.6 is 11.6 Å². The Hall–Kier alpha value is -2.40. The van der Waals surface area contributed by atoms with Gasteiger partial charge in [-0.2, -0.15) is 0 Å². The molecule has 0 bridgehead atoms. The molecule has 0 unspecified atom stereocenters. The maximum absolute atomic E-state index is 11.4. The molecule has 110 valence electrons. The lowest BCUT2D eigenvalue weighted by Crippen LogP contribution is -2.04. The minimum atomic E-state index is -0.437. The molecule has 0 heterocycles. The normalized spacial score (nSPS) is 10.0. The maximum atomic E-state index is 11.4. The van der Waals surface area contributed by atoms with Gasteiger partial charge in [0.25, 0.3) is 0 Å². The first kappa shape index (κ1) is 15.0. The van der Waals surface area contributed by atoms with Crippen molar-refractivity contribution in [3.8, 4) is 5.75 Å². The van der Waals surface area contributed by atoms with E-state index in [9.17, 15) is 4.79 Å². The minimum Gasteiger partial charge on any atom is -0.497 e. The largest absolute Gasteiger partial charge is 0.497 e. The van der Waals surface area contributed by atoms with Crippen molar-refractivity contribution in [2.24, 2.45) is 0 Å². The summed E-state index contributed by atoms with van der Waals surface area (Å²) in [5, 5.41) is 3.64. The third-order valence-electron chi connectivity index (χ3n) is 2.92. The van der Waals surface area contributed by atoms with Crippen molar-refractivity contribution >= 4 is 34.6 Å². The molecule has 5 nitrogen and oxygen atoms in total. The lowest BCUT2D eigenvalue weighted by atomic mass is 10.1. The van der Waals surface area contributed by atoms with Crippen molar-refractivity contribution in [1.29, 1.82) is 0 Å². The zero-order chi connectivity index (χ0) is 15.4. The number of ether oxygens (including phenoxy) is 2. The summed E-state index contributed by atoms with van der Waals surface area (Å²) in [6.45, 7) is 0. The molecule has 21 heavy (non-hydrogen) atoms. The van der Waals surface area contributed by atoms with Crippen molar-refractivity contribution < 1.29 is 14.3 Å². The van der Waals surface area contributed by atoms with Crippen molar-refractivity contribution in [3.63, 3.8) is 0 Å². The molecule has 2 aromatic carbocycles. The van der Waals surface area contributed by atoms with E-state index in [1.54, 1.807) is 43.5 Å². The van der Waals surface area contributed by atoms with Gasteiger partial charge < -0.3 is 20.5 Å². The van der Waals surface area contributed by atoms with Crippen LogP contribution in [0.1, 0.15) is 10.4 Å². The van der Waals surface area contributed by atoms with E-state index in [4.69, 9.17) is 22.1 Å². The third-order valence-corrected chi connectivity index (χ3v) is 3.25. The van der Waals surface area contributed by atoms with Crippen LogP contribution in [-0.2, 0) is 4.74 Å². The number of esters is 1. The average Bonchev–Trinajstić information content (AvgIpc) is 2.50.